The highest BCUT2D eigenvalue weighted by molar-refractivity contribution is 5.98. The lowest BCUT2D eigenvalue weighted by Crippen LogP contribution is -2.64. The van der Waals surface area contributed by atoms with E-state index >= 15 is 0 Å². The largest absolute Gasteiger partial charge is 0.383 e. The van der Waals surface area contributed by atoms with E-state index in [4.69, 9.17) is 4.74 Å². The van der Waals surface area contributed by atoms with Crippen molar-refractivity contribution in [2.75, 3.05) is 46.9 Å². The number of nitrogens with one attached hydrogen (secondary N) is 8. The van der Waals surface area contributed by atoms with Crippen LogP contribution >= 0.6 is 0 Å². The molecule has 3 aliphatic rings. The molecule has 3 heterocycles. The summed E-state index contributed by atoms with van der Waals surface area (Å²) in [6.07, 6.45) is 11.8. The third-order valence-corrected chi connectivity index (χ3v) is 14.4. The standard InChI is InChI=1S/C51H70N10O8/c1-4-24-60(31-45(63)61-36(32-62)26-33-13-5-10-18-44(33)61)48(66)41(19-22-53-50(68)54-23-25-69-3)57-46(64)43(28-35-30-56-40-17-9-7-15-38(35)40)58-49(67)51(20-11-12-21-51)59-47(65)42(52-2)27-34-29-55-39-16-8-6-14-37(34)39/h6-9,14-17,29-30,32-33,36,41-44,52,55-56H,4-5,10-13,18-28,31H2,1-3H3,(H,57,64)(H,58,67)(H,59,65)(H2,53,54,68)/t33-,36?,41-,42-,43?,44-/m0/s1. The number of urea groups is 1. The number of likely N-dealkylation sites (N-methyl/N-ethyl adjacent to an activating group) is 1. The predicted molar refractivity (Wildman–Crippen MR) is 262 cm³/mol. The summed E-state index contributed by atoms with van der Waals surface area (Å²) in [6, 6.07) is 11.2. The molecule has 2 saturated carbocycles. The molecule has 1 saturated heterocycles. The number of H-pyrrole nitrogens is 2. The predicted octanol–water partition coefficient (Wildman–Crippen LogP) is 3.35. The summed E-state index contributed by atoms with van der Waals surface area (Å²) in [5.41, 5.74) is 2.17. The van der Waals surface area contributed by atoms with Crippen molar-refractivity contribution in [3.05, 3.63) is 72.1 Å². The van der Waals surface area contributed by atoms with Crippen molar-refractivity contribution in [2.45, 2.75) is 126 Å². The van der Waals surface area contributed by atoms with Crippen LogP contribution in [0, 0.1) is 5.92 Å². The minimum absolute atomic E-state index is 0.0215. The minimum atomic E-state index is -1.31. The Morgan fingerprint density at radius 3 is 2.10 bits per heavy atom. The number of ether oxygens (including phenoxy) is 1. The molecule has 3 fully saturated rings. The van der Waals surface area contributed by atoms with Crippen molar-refractivity contribution in [3.8, 4) is 0 Å². The summed E-state index contributed by atoms with van der Waals surface area (Å²) in [4.78, 5) is 108. The average Bonchev–Trinajstić information content (AvgIpc) is 4.18. The van der Waals surface area contributed by atoms with E-state index in [0.717, 1.165) is 64.9 Å². The lowest BCUT2D eigenvalue weighted by atomic mass is 9.85. The topological polar surface area (TPSA) is 239 Å². The molecule has 0 radical (unpaired) electrons. The zero-order valence-corrected chi connectivity index (χ0v) is 40.2. The van der Waals surface area contributed by atoms with Gasteiger partial charge in [-0.15, -0.1) is 0 Å². The summed E-state index contributed by atoms with van der Waals surface area (Å²) >= 11 is 0. The SMILES string of the molecule is CCCN(CC(=O)N1C(C=O)C[C@@H]2CCCC[C@@H]21)C(=O)[C@H](CCNC(=O)NCCOC)NC(=O)C(Cc1c[nH]c2ccccc12)NC(=O)C1(NC(=O)[C@H](Cc2c[nH]c3ccccc23)NC)CCCC1. The molecule has 4 aromatic rings. The van der Waals surface area contributed by atoms with Crippen LogP contribution in [0.1, 0.15) is 88.7 Å². The van der Waals surface area contributed by atoms with Crippen LogP contribution in [0.25, 0.3) is 21.8 Å². The monoisotopic (exact) mass is 951 g/mol. The van der Waals surface area contributed by atoms with Gasteiger partial charge in [0, 0.05) is 73.4 Å². The first-order chi connectivity index (χ1) is 33.5. The Hall–Kier alpha value is -6.27. The van der Waals surface area contributed by atoms with Gasteiger partial charge >= 0.3 is 6.03 Å². The Morgan fingerprint density at radius 2 is 1.46 bits per heavy atom. The molecule has 7 rings (SSSR count). The first-order valence-electron chi connectivity index (χ1n) is 24.8. The Kier molecular flexibility index (Phi) is 17.5. The Morgan fingerprint density at radius 1 is 0.826 bits per heavy atom. The minimum Gasteiger partial charge on any atom is -0.383 e. The van der Waals surface area contributed by atoms with Crippen molar-refractivity contribution >= 4 is 63.7 Å². The maximum atomic E-state index is 14.9. The molecular formula is C51H70N10O8. The van der Waals surface area contributed by atoms with E-state index in [-0.39, 0.29) is 62.8 Å². The molecule has 2 aliphatic carbocycles. The second-order valence-electron chi connectivity index (χ2n) is 18.9. The van der Waals surface area contributed by atoms with Gasteiger partial charge in [-0.1, -0.05) is 69.0 Å². The molecule has 18 heteroatoms. The molecule has 8 N–H and O–H groups in total. The number of aldehydes is 1. The zero-order valence-electron chi connectivity index (χ0n) is 40.2. The Balaban J connectivity index is 1.13. The normalized spacial score (nSPS) is 19.8. The summed E-state index contributed by atoms with van der Waals surface area (Å²) < 4.78 is 5.04. The van der Waals surface area contributed by atoms with E-state index in [1.807, 2.05) is 61.7 Å². The highest BCUT2D eigenvalue weighted by Crippen LogP contribution is 2.39. The molecule has 69 heavy (non-hydrogen) atoms. The van der Waals surface area contributed by atoms with E-state index in [1.165, 1.54) is 12.0 Å². The maximum Gasteiger partial charge on any atom is 0.314 e. The Labute approximate surface area is 403 Å². The second-order valence-corrected chi connectivity index (χ2v) is 18.9. The van der Waals surface area contributed by atoms with E-state index in [0.29, 0.717) is 51.6 Å². The van der Waals surface area contributed by atoms with Crippen molar-refractivity contribution in [1.82, 2.24) is 51.7 Å². The lowest BCUT2D eigenvalue weighted by Gasteiger charge is -2.35. The number of benzene rings is 2. The molecule has 7 amide bonds. The summed E-state index contributed by atoms with van der Waals surface area (Å²) in [5.74, 6) is -2.14. The fourth-order valence-electron chi connectivity index (χ4n) is 10.8. The molecule has 2 aromatic heterocycles. The van der Waals surface area contributed by atoms with Crippen LogP contribution in [0.5, 0.6) is 0 Å². The van der Waals surface area contributed by atoms with Crippen LogP contribution < -0.4 is 31.9 Å². The third-order valence-electron chi connectivity index (χ3n) is 14.4. The highest BCUT2D eigenvalue weighted by atomic mass is 16.5. The second kappa shape index (κ2) is 23.8. The van der Waals surface area contributed by atoms with Gasteiger partial charge in [-0.3, -0.25) is 24.0 Å². The number of para-hydroxylation sites is 2. The first-order valence-corrected chi connectivity index (χ1v) is 24.8. The lowest BCUT2D eigenvalue weighted by molar-refractivity contribution is -0.145. The average molecular weight is 951 g/mol. The van der Waals surface area contributed by atoms with Gasteiger partial charge in [0.2, 0.25) is 29.5 Å². The number of fused-ring (bicyclic) bond motifs is 3. The number of aromatic nitrogens is 2. The molecule has 0 bridgehead atoms. The van der Waals surface area contributed by atoms with Crippen LogP contribution in [0.4, 0.5) is 4.79 Å². The smallest absolute Gasteiger partial charge is 0.314 e. The summed E-state index contributed by atoms with van der Waals surface area (Å²) in [5, 5.41) is 19.5. The number of amides is 7. The molecule has 0 spiro atoms. The molecular weight excluding hydrogens is 881 g/mol. The van der Waals surface area contributed by atoms with Gasteiger partial charge in [-0.2, -0.15) is 0 Å². The highest BCUT2D eigenvalue weighted by Gasteiger charge is 2.46. The molecule has 18 nitrogen and oxygen atoms in total. The molecule has 2 unspecified atom stereocenters. The van der Waals surface area contributed by atoms with Crippen molar-refractivity contribution in [2.24, 2.45) is 5.92 Å². The van der Waals surface area contributed by atoms with E-state index in [1.54, 1.807) is 18.1 Å². The van der Waals surface area contributed by atoms with Gasteiger partial charge in [-0.05, 0) is 87.6 Å². The van der Waals surface area contributed by atoms with Gasteiger partial charge in [0.05, 0.1) is 25.2 Å². The number of carbonyl (C=O) groups is 7. The maximum absolute atomic E-state index is 14.9. The van der Waals surface area contributed by atoms with Crippen LogP contribution in [-0.2, 0) is 46.3 Å². The quantitative estimate of drug-likeness (QED) is 0.0402. The number of likely N-dealkylation sites (tertiary alicyclic amines) is 1. The van der Waals surface area contributed by atoms with Crippen LogP contribution in [0.3, 0.4) is 0 Å². The molecule has 372 valence electrons. The number of methoxy groups -OCH3 is 1. The molecule has 1 aliphatic heterocycles. The van der Waals surface area contributed by atoms with Gasteiger partial charge in [-0.25, -0.2) is 4.79 Å². The van der Waals surface area contributed by atoms with Gasteiger partial charge in [0.25, 0.3) is 0 Å². The fourth-order valence-corrected chi connectivity index (χ4v) is 10.8. The van der Waals surface area contributed by atoms with Gasteiger partial charge in [0.15, 0.2) is 0 Å². The summed E-state index contributed by atoms with van der Waals surface area (Å²) in [6.45, 7) is 2.32. The van der Waals surface area contributed by atoms with Crippen LogP contribution in [-0.4, -0.2) is 144 Å². The van der Waals surface area contributed by atoms with E-state index in [2.05, 4.69) is 41.9 Å². The number of aromatic amines is 2. The van der Waals surface area contributed by atoms with Crippen molar-refractivity contribution < 1.29 is 38.3 Å². The zero-order chi connectivity index (χ0) is 48.9. The number of hydrogen-bond acceptors (Lipinski definition) is 9. The van der Waals surface area contributed by atoms with Crippen LogP contribution in [0.15, 0.2) is 60.9 Å². The van der Waals surface area contributed by atoms with Crippen LogP contribution in [0.2, 0.25) is 0 Å². The number of nitrogens with zero attached hydrogens (tertiary/aromatic N) is 2. The van der Waals surface area contributed by atoms with Gasteiger partial charge < -0.3 is 61.2 Å². The fraction of sp³-hybridized carbons (Fsp3) is 0.549. The van der Waals surface area contributed by atoms with Gasteiger partial charge in [0.1, 0.15) is 23.9 Å². The third kappa shape index (κ3) is 12.1. The molecule has 2 aromatic carbocycles. The van der Waals surface area contributed by atoms with E-state index < -0.39 is 53.5 Å². The van der Waals surface area contributed by atoms with Crippen molar-refractivity contribution in [1.29, 1.82) is 0 Å². The molecule has 6 atom stereocenters. The van der Waals surface area contributed by atoms with Crippen molar-refractivity contribution in [3.63, 3.8) is 0 Å². The number of rotatable bonds is 23. The first kappa shape index (κ1) is 50.6. The Bertz CT molecular complexity index is 2430. The summed E-state index contributed by atoms with van der Waals surface area (Å²) in [7, 11) is 3.23. The number of hydrogen-bond donors (Lipinski definition) is 8. The number of carbonyl (C=O) groups excluding carboxylic acids is 7. The van der Waals surface area contributed by atoms with E-state index in [9.17, 15) is 33.6 Å².